The summed E-state index contributed by atoms with van der Waals surface area (Å²) < 4.78 is 5.49. The molecule has 110 valence electrons. The summed E-state index contributed by atoms with van der Waals surface area (Å²) in [7, 11) is 0. The van der Waals surface area contributed by atoms with Gasteiger partial charge < -0.3 is 15.2 Å². The number of hydrogen-bond acceptors (Lipinski definition) is 3. The second-order valence-electron chi connectivity index (χ2n) is 5.30. The number of benzene rings is 1. The van der Waals surface area contributed by atoms with Crippen molar-refractivity contribution < 1.29 is 14.6 Å². The van der Waals surface area contributed by atoms with E-state index in [1.807, 2.05) is 12.1 Å². The molecule has 1 aromatic carbocycles. The summed E-state index contributed by atoms with van der Waals surface area (Å²) in [4.78, 5) is 12.1. The number of hydrogen-bond donors (Lipinski definition) is 2. The number of aliphatic hydroxyl groups excluding tert-OH is 1. The summed E-state index contributed by atoms with van der Waals surface area (Å²) in [6.07, 6.45) is 4.27. The average molecular weight is 277 g/mol. The SMILES string of the molecule is CCCOc1ccc(C(=O)NC2CCCCC2O)cc1. The van der Waals surface area contributed by atoms with Crippen molar-refractivity contribution in [1.82, 2.24) is 5.32 Å². The lowest BCUT2D eigenvalue weighted by molar-refractivity contribution is 0.0717. The Hall–Kier alpha value is -1.55. The van der Waals surface area contributed by atoms with Gasteiger partial charge in [-0.2, -0.15) is 0 Å². The first kappa shape index (κ1) is 14.9. The van der Waals surface area contributed by atoms with Crippen molar-refractivity contribution in [3.05, 3.63) is 29.8 Å². The number of ether oxygens (including phenoxy) is 1. The first-order valence-corrected chi connectivity index (χ1v) is 7.42. The van der Waals surface area contributed by atoms with Gasteiger partial charge in [0.1, 0.15) is 5.75 Å². The zero-order chi connectivity index (χ0) is 14.4. The van der Waals surface area contributed by atoms with Gasteiger partial charge in [0.05, 0.1) is 18.8 Å². The fraction of sp³-hybridized carbons (Fsp3) is 0.562. The fourth-order valence-corrected chi connectivity index (χ4v) is 2.45. The predicted octanol–water partition coefficient (Wildman–Crippen LogP) is 2.51. The molecule has 1 amide bonds. The van der Waals surface area contributed by atoms with Gasteiger partial charge in [0, 0.05) is 5.56 Å². The molecule has 0 saturated heterocycles. The average Bonchev–Trinajstić information content (AvgIpc) is 2.48. The van der Waals surface area contributed by atoms with E-state index < -0.39 is 6.10 Å². The molecule has 0 spiro atoms. The molecule has 2 unspecified atom stereocenters. The molecule has 0 radical (unpaired) electrons. The zero-order valence-corrected chi connectivity index (χ0v) is 12.0. The second kappa shape index (κ2) is 7.29. The van der Waals surface area contributed by atoms with Crippen LogP contribution in [0.25, 0.3) is 0 Å². The van der Waals surface area contributed by atoms with Crippen molar-refractivity contribution in [2.45, 2.75) is 51.2 Å². The van der Waals surface area contributed by atoms with Crippen LogP contribution in [-0.2, 0) is 0 Å². The maximum absolute atomic E-state index is 12.1. The number of aliphatic hydroxyl groups is 1. The smallest absolute Gasteiger partial charge is 0.251 e. The summed E-state index contributed by atoms with van der Waals surface area (Å²) in [6, 6.07) is 7.02. The van der Waals surface area contributed by atoms with E-state index in [1.165, 1.54) is 0 Å². The number of amides is 1. The Kier molecular flexibility index (Phi) is 5.41. The molecule has 0 aliphatic heterocycles. The zero-order valence-electron chi connectivity index (χ0n) is 12.0. The molecule has 4 heteroatoms. The van der Waals surface area contributed by atoms with Crippen LogP contribution in [0.1, 0.15) is 49.4 Å². The maximum atomic E-state index is 12.1. The highest BCUT2D eigenvalue weighted by atomic mass is 16.5. The molecule has 1 aliphatic rings. The Bertz CT molecular complexity index is 430. The summed E-state index contributed by atoms with van der Waals surface area (Å²) in [5.41, 5.74) is 0.603. The third-order valence-electron chi connectivity index (χ3n) is 3.64. The highest BCUT2D eigenvalue weighted by Gasteiger charge is 2.24. The number of rotatable bonds is 5. The van der Waals surface area contributed by atoms with Crippen LogP contribution in [0, 0.1) is 0 Å². The lowest BCUT2D eigenvalue weighted by atomic mass is 9.92. The van der Waals surface area contributed by atoms with Crippen LogP contribution in [0.4, 0.5) is 0 Å². The quantitative estimate of drug-likeness (QED) is 0.869. The molecule has 2 N–H and O–H groups in total. The molecule has 1 aromatic rings. The molecule has 1 fully saturated rings. The summed E-state index contributed by atoms with van der Waals surface area (Å²) >= 11 is 0. The van der Waals surface area contributed by atoms with Gasteiger partial charge in [0.25, 0.3) is 5.91 Å². The second-order valence-corrected chi connectivity index (χ2v) is 5.30. The summed E-state index contributed by atoms with van der Waals surface area (Å²) in [6.45, 7) is 2.73. The van der Waals surface area contributed by atoms with Gasteiger partial charge in [0.15, 0.2) is 0 Å². The largest absolute Gasteiger partial charge is 0.494 e. The van der Waals surface area contributed by atoms with Gasteiger partial charge in [-0.05, 0) is 43.5 Å². The van der Waals surface area contributed by atoms with Crippen LogP contribution in [0.15, 0.2) is 24.3 Å². The summed E-state index contributed by atoms with van der Waals surface area (Å²) in [5.74, 6) is 0.652. The highest BCUT2D eigenvalue weighted by molar-refractivity contribution is 5.94. The van der Waals surface area contributed by atoms with Gasteiger partial charge >= 0.3 is 0 Å². The van der Waals surface area contributed by atoms with Crippen molar-refractivity contribution in [3.63, 3.8) is 0 Å². The van der Waals surface area contributed by atoms with E-state index in [2.05, 4.69) is 12.2 Å². The van der Waals surface area contributed by atoms with Crippen LogP contribution in [0.3, 0.4) is 0 Å². The first-order chi connectivity index (χ1) is 9.70. The maximum Gasteiger partial charge on any atom is 0.251 e. The van der Waals surface area contributed by atoms with Crippen molar-refractivity contribution in [3.8, 4) is 5.75 Å². The van der Waals surface area contributed by atoms with Gasteiger partial charge in [-0.3, -0.25) is 4.79 Å². The van der Waals surface area contributed by atoms with Crippen LogP contribution < -0.4 is 10.1 Å². The molecule has 0 aromatic heterocycles. The molecular weight excluding hydrogens is 254 g/mol. The Balaban J connectivity index is 1.91. The molecule has 20 heavy (non-hydrogen) atoms. The third kappa shape index (κ3) is 3.97. The van der Waals surface area contributed by atoms with E-state index in [9.17, 15) is 9.90 Å². The van der Waals surface area contributed by atoms with Gasteiger partial charge in [0.2, 0.25) is 0 Å². The molecule has 2 atom stereocenters. The molecule has 4 nitrogen and oxygen atoms in total. The lowest BCUT2D eigenvalue weighted by Crippen LogP contribution is -2.45. The minimum Gasteiger partial charge on any atom is -0.494 e. The minimum absolute atomic E-state index is 0.118. The van der Waals surface area contributed by atoms with Crippen molar-refractivity contribution in [2.24, 2.45) is 0 Å². The van der Waals surface area contributed by atoms with Crippen LogP contribution in [0.2, 0.25) is 0 Å². The van der Waals surface area contributed by atoms with E-state index >= 15 is 0 Å². The Morgan fingerprint density at radius 3 is 2.65 bits per heavy atom. The first-order valence-electron chi connectivity index (χ1n) is 7.42. The van der Waals surface area contributed by atoms with Crippen LogP contribution in [0.5, 0.6) is 5.75 Å². The van der Waals surface area contributed by atoms with Crippen LogP contribution in [-0.4, -0.2) is 29.8 Å². The van der Waals surface area contributed by atoms with Gasteiger partial charge in [-0.25, -0.2) is 0 Å². The molecule has 0 heterocycles. The number of carbonyl (C=O) groups is 1. The third-order valence-corrected chi connectivity index (χ3v) is 3.64. The Morgan fingerprint density at radius 2 is 2.00 bits per heavy atom. The van der Waals surface area contributed by atoms with E-state index in [0.29, 0.717) is 12.2 Å². The van der Waals surface area contributed by atoms with E-state index in [1.54, 1.807) is 12.1 Å². The van der Waals surface area contributed by atoms with Crippen molar-refractivity contribution in [1.29, 1.82) is 0 Å². The molecule has 1 saturated carbocycles. The normalized spacial score (nSPS) is 22.3. The van der Waals surface area contributed by atoms with Gasteiger partial charge in [-0.1, -0.05) is 19.8 Å². The molecular formula is C16H23NO3. The summed E-state index contributed by atoms with van der Waals surface area (Å²) in [5, 5.41) is 12.8. The van der Waals surface area contributed by atoms with Crippen LogP contribution >= 0.6 is 0 Å². The van der Waals surface area contributed by atoms with Crippen molar-refractivity contribution >= 4 is 5.91 Å². The monoisotopic (exact) mass is 277 g/mol. The Labute approximate surface area is 120 Å². The lowest BCUT2D eigenvalue weighted by Gasteiger charge is -2.28. The molecule has 2 rings (SSSR count). The minimum atomic E-state index is -0.417. The molecule has 0 bridgehead atoms. The van der Waals surface area contributed by atoms with E-state index in [-0.39, 0.29) is 11.9 Å². The standard InChI is InChI=1S/C16H23NO3/c1-2-11-20-13-9-7-12(8-10-13)16(19)17-14-5-3-4-6-15(14)18/h7-10,14-15,18H,2-6,11H2,1H3,(H,17,19). The van der Waals surface area contributed by atoms with Gasteiger partial charge in [-0.15, -0.1) is 0 Å². The number of nitrogens with one attached hydrogen (secondary N) is 1. The fourth-order valence-electron chi connectivity index (χ4n) is 2.45. The number of carbonyl (C=O) groups excluding carboxylic acids is 1. The van der Waals surface area contributed by atoms with E-state index in [0.717, 1.165) is 37.9 Å². The van der Waals surface area contributed by atoms with Crippen molar-refractivity contribution in [2.75, 3.05) is 6.61 Å². The Morgan fingerprint density at radius 1 is 1.30 bits per heavy atom. The highest BCUT2D eigenvalue weighted by Crippen LogP contribution is 2.19. The van der Waals surface area contributed by atoms with E-state index in [4.69, 9.17) is 4.74 Å². The molecule has 1 aliphatic carbocycles. The predicted molar refractivity (Wildman–Crippen MR) is 78.0 cm³/mol. The topological polar surface area (TPSA) is 58.6 Å².